The van der Waals surface area contributed by atoms with Gasteiger partial charge in [0.25, 0.3) is 0 Å². The maximum absolute atomic E-state index is 6.62. The molecule has 0 N–H and O–H groups in total. The lowest BCUT2D eigenvalue weighted by atomic mass is 9.97. The minimum absolute atomic E-state index is 0.853. The lowest BCUT2D eigenvalue weighted by Crippen LogP contribution is -2.04. The Hall–Kier alpha value is -12.7. The summed E-state index contributed by atoms with van der Waals surface area (Å²) in [6.07, 6.45) is 3.96. The first-order chi connectivity index (χ1) is 46.6. The SMILES string of the molecule is c1ccc(-c2nccn2-c2ccccc2-n2c3ccc(-c4ccc5oc6ccc(-c7cccc(-n8c9ccccc9c9ccccc98)c7)cc6c5c4)cc3c3cc(-c4ccc5oc6ccc(-c7cccc(-n8c9ccccc9c9ccccc98)c7)cc6c5c4)ccc32)cc1. The van der Waals surface area contributed by atoms with Gasteiger partial charge in [-0.15, -0.1) is 0 Å². The Morgan fingerprint density at radius 2 is 0.553 bits per heavy atom. The zero-order valence-corrected chi connectivity index (χ0v) is 50.7. The van der Waals surface area contributed by atoms with E-state index in [1.54, 1.807) is 0 Å². The van der Waals surface area contributed by atoms with Gasteiger partial charge in [0, 0.05) is 83.2 Å². The Balaban J connectivity index is 0.716. The van der Waals surface area contributed by atoms with Crippen LogP contribution in [-0.2, 0) is 0 Å². The molecule has 0 spiro atoms. The normalized spacial score (nSPS) is 12.0. The van der Waals surface area contributed by atoms with E-state index in [1.165, 1.54) is 43.6 Å². The van der Waals surface area contributed by atoms with Crippen LogP contribution in [0.4, 0.5) is 0 Å². The third-order valence-corrected chi connectivity index (χ3v) is 19.5. The molecule has 0 saturated carbocycles. The van der Waals surface area contributed by atoms with Gasteiger partial charge in [0.1, 0.15) is 28.2 Å². The molecule has 0 aliphatic carbocycles. The summed E-state index contributed by atoms with van der Waals surface area (Å²) in [5.41, 5.74) is 24.7. The van der Waals surface area contributed by atoms with E-state index in [1.807, 2.05) is 12.3 Å². The van der Waals surface area contributed by atoms with E-state index in [9.17, 15) is 0 Å². The van der Waals surface area contributed by atoms with Gasteiger partial charge in [-0.05, 0) is 178 Å². The number of rotatable bonds is 9. The molecule has 7 heteroatoms. The van der Waals surface area contributed by atoms with Crippen LogP contribution in [0, 0.1) is 0 Å². The predicted octanol–water partition coefficient (Wildman–Crippen LogP) is 23.3. The molecular formula is C87H53N5O2. The van der Waals surface area contributed by atoms with Crippen LogP contribution in [0.15, 0.2) is 331 Å². The van der Waals surface area contributed by atoms with Gasteiger partial charge in [-0.3, -0.25) is 4.57 Å². The van der Waals surface area contributed by atoms with Gasteiger partial charge in [-0.1, -0.05) is 176 Å². The smallest absolute Gasteiger partial charge is 0.144 e. The number of hydrogen-bond acceptors (Lipinski definition) is 3. The number of benzene rings is 14. The average Bonchev–Trinajstić information content (AvgIpc) is 1.61. The monoisotopic (exact) mass is 1200 g/mol. The van der Waals surface area contributed by atoms with Crippen molar-refractivity contribution < 1.29 is 8.83 Å². The number of imidazole rings is 1. The van der Waals surface area contributed by atoms with Crippen molar-refractivity contribution in [2.75, 3.05) is 0 Å². The van der Waals surface area contributed by atoms with Crippen molar-refractivity contribution >= 4 is 109 Å². The number of nitrogens with zero attached hydrogens (tertiary/aromatic N) is 5. The Kier molecular flexibility index (Phi) is 11.3. The van der Waals surface area contributed by atoms with Crippen LogP contribution in [0.25, 0.3) is 188 Å². The van der Waals surface area contributed by atoms with Crippen molar-refractivity contribution in [3.63, 3.8) is 0 Å². The quantitative estimate of drug-likeness (QED) is 0.145. The van der Waals surface area contributed by atoms with Crippen molar-refractivity contribution in [3.05, 3.63) is 322 Å². The Morgan fingerprint density at radius 1 is 0.223 bits per heavy atom. The van der Waals surface area contributed by atoms with Gasteiger partial charge in [0.15, 0.2) is 0 Å². The molecule has 6 aromatic heterocycles. The summed E-state index contributed by atoms with van der Waals surface area (Å²) in [6.45, 7) is 0. The van der Waals surface area contributed by atoms with Gasteiger partial charge >= 0.3 is 0 Å². The molecule has 14 aromatic carbocycles. The molecule has 0 saturated heterocycles. The summed E-state index contributed by atoms with van der Waals surface area (Å²) in [6, 6.07) is 112. The minimum Gasteiger partial charge on any atom is -0.456 e. The van der Waals surface area contributed by atoms with Gasteiger partial charge < -0.3 is 22.5 Å². The van der Waals surface area contributed by atoms with Crippen LogP contribution >= 0.6 is 0 Å². The van der Waals surface area contributed by atoms with Crippen LogP contribution in [0.3, 0.4) is 0 Å². The van der Waals surface area contributed by atoms with Crippen molar-refractivity contribution in [3.8, 4) is 78.6 Å². The van der Waals surface area contributed by atoms with Gasteiger partial charge in [0.05, 0.1) is 44.5 Å². The molecule has 20 aromatic rings. The van der Waals surface area contributed by atoms with Gasteiger partial charge in [-0.2, -0.15) is 0 Å². The van der Waals surface area contributed by atoms with E-state index < -0.39 is 0 Å². The second kappa shape index (κ2) is 20.4. The van der Waals surface area contributed by atoms with Crippen molar-refractivity contribution in [2.24, 2.45) is 0 Å². The van der Waals surface area contributed by atoms with Crippen molar-refractivity contribution in [1.82, 2.24) is 23.3 Å². The number of hydrogen-bond donors (Lipinski definition) is 0. The third-order valence-electron chi connectivity index (χ3n) is 19.5. The highest BCUT2D eigenvalue weighted by molar-refractivity contribution is 6.15. The fourth-order valence-corrected chi connectivity index (χ4v) is 15.1. The molecule has 0 radical (unpaired) electrons. The van der Waals surface area contributed by atoms with E-state index in [-0.39, 0.29) is 0 Å². The molecule has 0 aliphatic heterocycles. The Morgan fingerprint density at radius 3 is 0.979 bits per heavy atom. The summed E-state index contributed by atoms with van der Waals surface area (Å²) >= 11 is 0. The molecule has 7 nitrogen and oxygen atoms in total. The molecule has 6 heterocycles. The number of aromatic nitrogens is 5. The number of furan rings is 2. The molecule has 0 bridgehead atoms. The molecule has 0 amide bonds. The first kappa shape index (κ1) is 52.1. The summed E-state index contributed by atoms with van der Waals surface area (Å²) in [4.78, 5) is 4.91. The van der Waals surface area contributed by atoms with Crippen molar-refractivity contribution in [1.29, 1.82) is 0 Å². The van der Waals surface area contributed by atoms with Crippen LogP contribution in [0.1, 0.15) is 0 Å². The second-order valence-electron chi connectivity index (χ2n) is 24.7. The standard InChI is InChI=1S/C87H53N5O2/c1-2-16-54(17-3-1)87-88-44-45-89(87)81-30-12-13-31-82(81)92-79-38-32-57(61-36-42-85-73(52-61)71-50-59(34-40-83(71)93-85)55-18-14-20-63(46-55)90-75-26-8-4-22-65(75)66-23-5-9-27-76(66)90)48-69(79)70-49-58(33-39-80(70)92)62-37-43-86-74(53-62)72-51-60(35-41-84(72)94-86)56-19-15-21-64(47-56)91-77-28-10-6-24-67(77)68-25-7-11-29-78(68)91/h1-53H. The highest BCUT2D eigenvalue weighted by Gasteiger charge is 2.22. The molecular weight excluding hydrogens is 1150 g/mol. The number of para-hydroxylation sites is 6. The summed E-state index contributed by atoms with van der Waals surface area (Å²) in [5.74, 6) is 0.878. The lowest BCUT2D eigenvalue weighted by Gasteiger charge is -2.16. The molecule has 0 fully saturated rings. The lowest BCUT2D eigenvalue weighted by molar-refractivity contribution is 0.668. The zero-order chi connectivity index (χ0) is 61.5. The predicted molar refractivity (Wildman–Crippen MR) is 388 cm³/mol. The van der Waals surface area contributed by atoms with E-state index in [0.29, 0.717) is 0 Å². The highest BCUT2D eigenvalue weighted by Crippen LogP contribution is 2.44. The molecule has 20 rings (SSSR count). The third kappa shape index (κ3) is 8.01. The van der Waals surface area contributed by atoms with E-state index in [4.69, 9.17) is 13.8 Å². The molecule has 0 aliphatic rings. The van der Waals surface area contributed by atoms with Crippen LogP contribution in [0.5, 0.6) is 0 Å². The average molecular weight is 1200 g/mol. The Bertz CT molecular complexity index is 6060. The van der Waals surface area contributed by atoms with Crippen LogP contribution < -0.4 is 0 Å². The zero-order valence-electron chi connectivity index (χ0n) is 50.7. The van der Waals surface area contributed by atoms with Gasteiger partial charge in [0.2, 0.25) is 0 Å². The summed E-state index contributed by atoms with van der Waals surface area (Å²) < 4.78 is 22.6. The maximum atomic E-state index is 6.62. The van der Waals surface area contributed by atoms with Crippen molar-refractivity contribution in [2.45, 2.75) is 0 Å². The van der Waals surface area contributed by atoms with Gasteiger partial charge in [-0.25, -0.2) is 4.98 Å². The summed E-state index contributed by atoms with van der Waals surface area (Å²) in [5, 5.41) is 11.6. The van der Waals surface area contributed by atoms with E-state index in [2.05, 4.69) is 328 Å². The minimum atomic E-state index is 0.853. The number of fused-ring (bicyclic) bond motifs is 15. The fourth-order valence-electron chi connectivity index (χ4n) is 15.1. The van der Waals surface area contributed by atoms with Crippen LogP contribution in [0.2, 0.25) is 0 Å². The van der Waals surface area contributed by atoms with Crippen LogP contribution in [-0.4, -0.2) is 23.3 Å². The molecule has 438 valence electrons. The molecule has 94 heavy (non-hydrogen) atoms. The summed E-state index contributed by atoms with van der Waals surface area (Å²) in [7, 11) is 0. The first-order valence-corrected chi connectivity index (χ1v) is 32.0. The maximum Gasteiger partial charge on any atom is 0.144 e. The highest BCUT2D eigenvalue weighted by atomic mass is 16.3. The second-order valence-corrected chi connectivity index (χ2v) is 24.7. The molecule has 0 unspecified atom stereocenters. The van der Waals surface area contributed by atoms with E-state index >= 15 is 0 Å². The fraction of sp³-hybridized carbons (Fsp3) is 0. The largest absolute Gasteiger partial charge is 0.456 e. The Labute approximate surface area is 538 Å². The topological polar surface area (TPSA) is 58.9 Å². The first-order valence-electron chi connectivity index (χ1n) is 32.0. The van der Waals surface area contributed by atoms with E-state index in [0.717, 1.165) is 144 Å². The molecule has 0 atom stereocenters.